The van der Waals surface area contributed by atoms with Crippen molar-refractivity contribution < 1.29 is 13.3 Å². The van der Waals surface area contributed by atoms with E-state index in [0.29, 0.717) is 24.6 Å². The number of aromatic nitrogens is 2. The van der Waals surface area contributed by atoms with Crippen LogP contribution in [0.4, 0.5) is 8.78 Å². The molecular weight excluding hydrogens is 276 g/mol. The molecule has 21 heavy (non-hydrogen) atoms. The van der Waals surface area contributed by atoms with E-state index in [-0.39, 0.29) is 18.8 Å². The van der Waals surface area contributed by atoms with E-state index in [0.717, 1.165) is 25.7 Å². The molecule has 0 aromatic carbocycles. The molecule has 6 heteroatoms. The Morgan fingerprint density at radius 1 is 1.00 bits per heavy atom. The zero-order valence-corrected chi connectivity index (χ0v) is 12.3. The number of alkyl halides is 2. The Kier molecular flexibility index (Phi) is 3.99. The highest BCUT2D eigenvalue weighted by Crippen LogP contribution is 2.41. The van der Waals surface area contributed by atoms with Crippen molar-refractivity contribution >= 4 is 0 Å². The summed E-state index contributed by atoms with van der Waals surface area (Å²) >= 11 is 0. The maximum atomic E-state index is 13.2. The molecule has 1 aromatic heterocycles. The second kappa shape index (κ2) is 5.63. The Balaban J connectivity index is 1.71. The second-order valence-corrected chi connectivity index (χ2v) is 6.66. The van der Waals surface area contributed by atoms with Crippen LogP contribution in [0.2, 0.25) is 0 Å². The maximum Gasteiger partial charge on any atom is 0.248 e. The van der Waals surface area contributed by atoms with Gasteiger partial charge in [0.05, 0.1) is 5.54 Å². The fourth-order valence-electron chi connectivity index (χ4n) is 3.47. The van der Waals surface area contributed by atoms with Crippen molar-refractivity contribution in [3.05, 3.63) is 11.7 Å². The van der Waals surface area contributed by atoms with E-state index < -0.39 is 11.5 Å². The van der Waals surface area contributed by atoms with E-state index in [1.807, 2.05) is 0 Å². The van der Waals surface area contributed by atoms with E-state index in [2.05, 4.69) is 10.1 Å². The summed E-state index contributed by atoms with van der Waals surface area (Å²) in [6.45, 7) is 0. The van der Waals surface area contributed by atoms with Crippen molar-refractivity contribution in [3.8, 4) is 0 Å². The van der Waals surface area contributed by atoms with Crippen molar-refractivity contribution in [2.75, 3.05) is 0 Å². The minimum Gasteiger partial charge on any atom is -0.339 e. The molecular formula is C15H23F2N3O. The van der Waals surface area contributed by atoms with Gasteiger partial charge in [0.2, 0.25) is 11.8 Å². The molecule has 4 nitrogen and oxygen atoms in total. The van der Waals surface area contributed by atoms with Gasteiger partial charge in [0, 0.05) is 18.8 Å². The number of nitrogens with zero attached hydrogens (tertiary/aromatic N) is 2. The van der Waals surface area contributed by atoms with E-state index in [1.165, 1.54) is 12.8 Å². The van der Waals surface area contributed by atoms with Gasteiger partial charge >= 0.3 is 0 Å². The smallest absolute Gasteiger partial charge is 0.248 e. The molecule has 2 saturated carbocycles. The first-order valence-corrected chi connectivity index (χ1v) is 7.99. The minimum atomic E-state index is -2.53. The minimum absolute atomic E-state index is 0.0414. The van der Waals surface area contributed by atoms with Crippen LogP contribution in [0.1, 0.15) is 81.8 Å². The average molecular weight is 299 g/mol. The van der Waals surface area contributed by atoms with Gasteiger partial charge in [-0.2, -0.15) is 4.98 Å². The highest BCUT2D eigenvalue weighted by Gasteiger charge is 2.39. The van der Waals surface area contributed by atoms with Gasteiger partial charge < -0.3 is 10.3 Å². The highest BCUT2D eigenvalue weighted by molar-refractivity contribution is 5.07. The van der Waals surface area contributed by atoms with Crippen molar-refractivity contribution in [1.29, 1.82) is 0 Å². The first-order chi connectivity index (χ1) is 9.99. The number of hydrogen-bond donors (Lipinski definition) is 1. The molecule has 0 aliphatic heterocycles. The topological polar surface area (TPSA) is 64.9 Å². The summed E-state index contributed by atoms with van der Waals surface area (Å²) < 4.78 is 31.8. The first kappa shape index (κ1) is 14.9. The fraction of sp³-hybridized carbons (Fsp3) is 0.867. The van der Waals surface area contributed by atoms with Gasteiger partial charge in [0.1, 0.15) is 0 Å². The molecule has 1 heterocycles. The molecule has 2 fully saturated rings. The Bertz CT molecular complexity index is 471. The van der Waals surface area contributed by atoms with Crippen LogP contribution in [0.5, 0.6) is 0 Å². The number of nitrogens with two attached hydrogens (primary N) is 1. The Labute approximate surface area is 123 Å². The van der Waals surface area contributed by atoms with Gasteiger partial charge in [-0.15, -0.1) is 0 Å². The lowest BCUT2D eigenvalue weighted by Crippen LogP contribution is -2.37. The summed E-state index contributed by atoms with van der Waals surface area (Å²) in [6.07, 6.45) is 6.92. The van der Waals surface area contributed by atoms with Crippen LogP contribution >= 0.6 is 0 Å². The first-order valence-electron chi connectivity index (χ1n) is 7.99. The molecule has 118 valence electrons. The van der Waals surface area contributed by atoms with Crippen LogP contribution in [0.3, 0.4) is 0 Å². The van der Waals surface area contributed by atoms with E-state index in [9.17, 15) is 8.78 Å². The van der Waals surface area contributed by atoms with Crippen LogP contribution < -0.4 is 5.73 Å². The zero-order valence-electron chi connectivity index (χ0n) is 12.3. The summed E-state index contributed by atoms with van der Waals surface area (Å²) in [6, 6.07) is 0. The zero-order chi connectivity index (χ0) is 14.9. The second-order valence-electron chi connectivity index (χ2n) is 6.66. The molecule has 2 N–H and O–H groups in total. The van der Waals surface area contributed by atoms with Gasteiger partial charge in [-0.05, 0) is 25.7 Å². The third-order valence-corrected chi connectivity index (χ3v) is 4.95. The van der Waals surface area contributed by atoms with Gasteiger partial charge in [0.15, 0.2) is 5.82 Å². The predicted octanol–water partition coefficient (Wildman–Crippen LogP) is 3.87. The third kappa shape index (κ3) is 3.25. The normalized spacial score (nSPS) is 26.4. The van der Waals surface area contributed by atoms with Crippen LogP contribution in [-0.4, -0.2) is 16.1 Å². The van der Waals surface area contributed by atoms with Crippen molar-refractivity contribution in [2.24, 2.45) is 5.73 Å². The van der Waals surface area contributed by atoms with Crippen LogP contribution in [0.25, 0.3) is 0 Å². The number of hydrogen-bond acceptors (Lipinski definition) is 4. The average Bonchev–Trinajstić information content (AvgIpc) is 2.83. The highest BCUT2D eigenvalue weighted by atomic mass is 19.3. The summed E-state index contributed by atoms with van der Waals surface area (Å²) in [4.78, 5) is 4.47. The summed E-state index contributed by atoms with van der Waals surface area (Å²) in [5.41, 5.74) is 5.96. The standard InChI is InChI=1S/C15H23F2N3O/c16-15(17)9-5-11(6-10-15)12-19-13(20-21-12)14(18)7-3-1-2-4-8-14/h11H,1-10,18H2. The molecule has 2 aliphatic carbocycles. The summed E-state index contributed by atoms with van der Waals surface area (Å²) in [7, 11) is 0. The fourth-order valence-corrected chi connectivity index (χ4v) is 3.47. The Hall–Kier alpha value is -1.04. The predicted molar refractivity (Wildman–Crippen MR) is 74.0 cm³/mol. The molecule has 1 aromatic rings. The third-order valence-electron chi connectivity index (χ3n) is 4.95. The SMILES string of the molecule is NC1(c2noc(C3CCC(F)(F)CC3)n2)CCCCCC1. The van der Waals surface area contributed by atoms with Crippen LogP contribution in [0.15, 0.2) is 4.52 Å². The molecule has 3 rings (SSSR count). The summed E-state index contributed by atoms with van der Waals surface area (Å²) in [5.74, 6) is -1.51. The van der Waals surface area contributed by atoms with E-state index >= 15 is 0 Å². The molecule has 2 aliphatic rings. The maximum absolute atomic E-state index is 13.2. The number of rotatable bonds is 2. The van der Waals surface area contributed by atoms with E-state index in [4.69, 9.17) is 10.3 Å². The van der Waals surface area contributed by atoms with E-state index in [1.54, 1.807) is 0 Å². The Morgan fingerprint density at radius 3 is 2.24 bits per heavy atom. The van der Waals surface area contributed by atoms with Crippen molar-refractivity contribution in [3.63, 3.8) is 0 Å². The monoisotopic (exact) mass is 299 g/mol. The van der Waals surface area contributed by atoms with Gasteiger partial charge in [-0.25, -0.2) is 8.78 Å². The van der Waals surface area contributed by atoms with Crippen LogP contribution in [0, 0.1) is 0 Å². The molecule has 0 bridgehead atoms. The molecule has 0 atom stereocenters. The lowest BCUT2D eigenvalue weighted by atomic mass is 9.86. The van der Waals surface area contributed by atoms with Crippen molar-refractivity contribution in [2.45, 2.75) is 81.6 Å². The lowest BCUT2D eigenvalue weighted by molar-refractivity contribution is -0.0402. The summed E-state index contributed by atoms with van der Waals surface area (Å²) in [5, 5.41) is 4.07. The Morgan fingerprint density at radius 2 is 1.62 bits per heavy atom. The molecule has 0 spiro atoms. The quantitative estimate of drug-likeness (QED) is 0.842. The van der Waals surface area contributed by atoms with Gasteiger partial charge in [0.25, 0.3) is 0 Å². The van der Waals surface area contributed by atoms with Gasteiger partial charge in [-0.3, -0.25) is 0 Å². The van der Waals surface area contributed by atoms with Gasteiger partial charge in [-0.1, -0.05) is 30.8 Å². The van der Waals surface area contributed by atoms with Crippen LogP contribution in [-0.2, 0) is 5.54 Å². The lowest BCUT2D eigenvalue weighted by Gasteiger charge is -2.26. The molecule has 0 saturated heterocycles. The van der Waals surface area contributed by atoms with Crippen molar-refractivity contribution in [1.82, 2.24) is 10.1 Å². The largest absolute Gasteiger partial charge is 0.339 e. The molecule has 0 amide bonds. The molecule has 0 radical (unpaired) electrons. The number of halogens is 2. The molecule has 0 unspecified atom stereocenters.